The molecule has 0 aromatic heterocycles. The van der Waals surface area contributed by atoms with Gasteiger partial charge < -0.3 is 14.9 Å². The van der Waals surface area contributed by atoms with Gasteiger partial charge in [-0.2, -0.15) is 0 Å². The molecule has 3 nitrogen and oxygen atoms in total. The number of nitrogens with zero attached hydrogens (tertiary/aromatic N) is 2. The maximum absolute atomic E-state index is 9.52. The number of unbranched alkanes of at least 4 members (excludes halogenated alkanes) is 2. The zero-order valence-corrected chi connectivity index (χ0v) is 15.6. The zero-order valence-electron chi connectivity index (χ0n) is 15.6. The molecule has 0 radical (unpaired) electrons. The van der Waals surface area contributed by atoms with Gasteiger partial charge in [0.1, 0.15) is 0 Å². The molecule has 3 heteroatoms. The van der Waals surface area contributed by atoms with Crippen LogP contribution in [0.2, 0.25) is 0 Å². The van der Waals surface area contributed by atoms with Crippen LogP contribution in [-0.2, 0) is 0 Å². The number of rotatable bonds is 10. The largest absolute Gasteiger partial charge is 0.396 e. The first-order chi connectivity index (χ1) is 10.4. The van der Waals surface area contributed by atoms with Crippen molar-refractivity contribution in [3.63, 3.8) is 0 Å². The van der Waals surface area contributed by atoms with Crippen molar-refractivity contribution in [1.82, 2.24) is 9.80 Å². The third kappa shape index (κ3) is 9.12. The first kappa shape index (κ1) is 19.9. The van der Waals surface area contributed by atoms with Gasteiger partial charge in [-0.05, 0) is 50.1 Å². The van der Waals surface area contributed by atoms with Gasteiger partial charge >= 0.3 is 0 Å². The number of piperazine rings is 1. The van der Waals surface area contributed by atoms with Crippen molar-refractivity contribution >= 4 is 0 Å². The van der Waals surface area contributed by atoms with Gasteiger partial charge in [-0.15, -0.1) is 0 Å². The molecule has 1 N–H and O–H groups in total. The molecule has 132 valence electrons. The highest BCUT2D eigenvalue weighted by Crippen LogP contribution is 2.25. The molecule has 1 aliphatic rings. The molecule has 0 amide bonds. The summed E-state index contributed by atoms with van der Waals surface area (Å²) in [6, 6.07) is 0. The average molecular weight is 313 g/mol. The van der Waals surface area contributed by atoms with Gasteiger partial charge in [0.2, 0.25) is 0 Å². The van der Waals surface area contributed by atoms with E-state index in [9.17, 15) is 5.11 Å². The van der Waals surface area contributed by atoms with Crippen molar-refractivity contribution in [2.75, 3.05) is 45.9 Å². The van der Waals surface area contributed by atoms with Crippen LogP contribution in [0.5, 0.6) is 0 Å². The molecule has 0 aromatic rings. The number of hydrogen-bond donors (Lipinski definition) is 1. The highest BCUT2D eigenvalue weighted by molar-refractivity contribution is 4.71. The van der Waals surface area contributed by atoms with Gasteiger partial charge in [0.05, 0.1) is 0 Å². The fourth-order valence-electron chi connectivity index (χ4n) is 3.24. The Balaban J connectivity index is 2.02. The van der Waals surface area contributed by atoms with Crippen LogP contribution in [0.1, 0.15) is 66.2 Å². The first-order valence-electron chi connectivity index (χ1n) is 9.50. The second-order valence-corrected chi connectivity index (χ2v) is 8.27. The number of aliphatic hydroxyl groups excluding tert-OH is 1. The molecular weight excluding hydrogens is 272 g/mol. The van der Waals surface area contributed by atoms with Gasteiger partial charge in [-0.25, -0.2) is 0 Å². The van der Waals surface area contributed by atoms with E-state index in [1.807, 2.05) is 0 Å². The molecular formula is C19H40N2O. The van der Waals surface area contributed by atoms with E-state index < -0.39 is 0 Å². The van der Waals surface area contributed by atoms with Crippen molar-refractivity contribution in [3.05, 3.63) is 0 Å². The molecule has 1 atom stereocenters. The standard InChI is InChI=1S/C19H40N2O/c1-5-20-13-15-21(16-14-20)12-8-6-7-9-18(17-22)10-11-19(2,3)4/h18,22H,5-17H2,1-4H3/t18-/m0/s1. The minimum atomic E-state index is 0.370. The molecule has 1 aliphatic heterocycles. The van der Waals surface area contributed by atoms with Gasteiger partial charge in [-0.3, -0.25) is 0 Å². The summed E-state index contributed by atoms with van der Waals surface area (Å²) in [5, 5.41) is 9.52. The van der Waals surface area contributed by atoms with Crippen molar-refractivity contribution in [3.8, 4) is 0 Å². The van der Waals surface area contributed by atoms with Crippen LogP contribution in [0.4, 0.5) is 0 Å². The highest BCUT2D eigenvalue weighted by atomic mass is 16.3. The van der Waals surface area contributed by atoms with Crippen molar-refractivity contribution in [2.24, 2.45) is 11.3 Å². The summed E-state index contributed by atoms with van der Waals surface area (Å²) < 4.78 is 0. The first-order valence-corrected chi connectivity index (χ1v) is 9.50. The van der Waals surface area contributed by atoms with Crippen LogP contribution in [-0.4, -0.2) is 60.8 Å². The topological polar surface area (TPSA) is 26.7 Å². The summed E-state index contributed by atoms with van der Waals surface area (Å²) in [5.41, 5.74) is 0.397. The Kier molecular flexibility index (Phi) is 9.62. The smallest absolute Gasteiger partial charge is 0.0459 e. The summed E-state index contributed by atoms with van der Waals surface area (Å²) in [6.07, 6.45) is 7.53. The Morgan fingerprint density at radius 2 is 1.55 bits per heavy atom. The quantitative estimate of drug-likeness (QED) is 0.624. The molecule has 0 unspecified atom stereocenters. The van der Waals surface area contributed by atoms with Gasteiger partial charge in [-0.1, -0.05) is 40.5 Å². The molecule has 0 aromatic carbocycles. The van der Waals surface area contributed by atoms with E-state index in [-0.39, 0.29) is 0 Å². The predicted octanol–water partition coefficient (Wildman–Crippen LogP) is 3.62. The summed E-state index contributed by atoms with van der Waals surface area (Å²) in [7, 11) is 0. The molecule has 0 bridgehead atoms. The third-order valence-electron chi connectivity index (χ3n) is 5.06. The number of aliphatic hydroxyl groups is 1. The lowest BCUT2D eigenvalue weighted by Crippen LogP contribution is -2.46. The Bertz CT molecular complexity index is 267. The van der Waals surface area contributed by atoms with Crippen LogP contribution in [0, 0.1) is 11.3 Å². The molecule has 22 heavy (non-hydrogen) atoms. The lowest BCUT2D eigenvalue weighted by molar-refractivity contribution is 0.135. The lowest BCUT2D eigenvalue weighted by Gasteiger charge is -2.34. The van der Waals surface area contributed by atoms with Crippen molar-refractivity contribution in [1.29, 1.82) is 0 Å². The van der Waals surface area contributed by atoms with Gasteiger partial charge in [0.15, 0.2) is 0 Å². The molecule has 1 saturated heterocycles. The Labute approximate surface area is 139 Å². The summed E-state index contributed by atoms with van der Waals surface area (Å²) >= 11 is 0. The lowest BCUT2D eigenvalue weighted by atomic mass is 9.85. The average Bonchev–Trinajstić information content (AvgIpc) is 2.49. The zero-order chi connectivity index (χ0) is 16.4. The second-order valence-electron chi connectivity index (χ2n) is 8.27. The molecule has 0 spiro atoms. The minimum Gasteiger partial charge on any atom is -0.396 e. The Hall–Kier alpha value is -0.120. The van der Waals surface area contributed by atoms with Crippen molar-refractivity contribution < 1.29 is 5.11 Å². The third-order valence-corrected chi connectivity index (χ3v) is 5.06. The molecule has 0 saturated carbocycles. The summed E-state index contributed by atoms with van der Waals surface area (Å²) in [5.74, 6) is 0.521. The van der Waals surface area contributed by atoms with Crippen molar-refractivity contribution in [2.45, 2.75) is 66.2 Å². The van der Waals surface area contributed by atoms with E-state index in [4.69, 9.17) is 0 Å². The fraction of sp³-hybridized carbons (Fsp3) is 1.00. The van der Waals surface area contributed by atoms with Crippen LogP contribution in [0.3, 0.4) is 0 Å². The van der Waals surface area contributed by atoms with E-state index in [0.29, 0.717) is 17.9 Å². The Morgan fingerprint density at radius 1 is 0.909 bits per heavy atom. The van der Waals surface area contributed by atoms with E-state index in [1.165, 1.54) is 77.8 Å². The molecule has 1 fully saturated rings. The fourth-order valence-corrected chi connectivity index (χ4v) is 3.24. The normalized spacial score (nSPS) is 19.5. The van der Waals surface area contributed by atoms with Crippen LogP contribution >= 0.6 is 0 Å². The maximum Gasteiger partial charge on any atom is 0.0459 e. The SMILES string of the molecule is CCN1CCN(CCCCC[C@H](CO)CCC(C)(C)C)CC1. The minimum absolute atomic E-state index is 0.370. The monoisotopic (exact) mass is 312 g/mol. The second kappa shape index (κ2) is 10.6. The number of likely N-dealkylation sites (N-methyl/N-ethyl adjacent to an activating group) is 1. The summed E-state index contributed by atoms with van der Waals surface area (Å²) in [4.78, 5) is 5.16. The molecule has 0 aliphatic carbocycles. The highest BCUT2D eigenvalue weighted by Gasteiger charge is 2.16. The van der Waals surface area contributed by atoms with Crippen LogP contribution < -0.4 is 0 Å². The maximum atomic E-state index is 9.52. The molecule has 1 rings (SSSR count). The molecule has 1 heterocycles. The van der Waals surface area contributed by atoms with E-state index in [0.717, 1.165) is 0 Å². The van der Waals surface area contributed by atoms with Crippen LogP contribution in [0.25, 0.3) is 0 Å². The van der Waals surface area contributed by atoms with Gasteiger partial charge in [0, 0.05) is 32.8 Å². The van der Waals surface area contributed by atoms with Crippen LogP contribution in [0.15, 0.2) is 0 Å². The van der Waals surface area contributed by atoms with Gasteiger partial charge in [0.25, 0.3) is 0 Å². The predicted molar refractivity (Wildman–Crippen MR) is 96.3 cm³/mol. The van der Waals surface area contributed by atoms with E-state index in [1.54, 1.807) is 0 Å². The van der Waals surface area contributed by atoms with E-state index >= 15 is 0 Å². The Morgan fingerprint density at radius 3 is 2.09 bits per heavy atom. The number of hydrogen-bond acceptors (Lipinski definition) is 3. The summed E-state index contributed by atoms with van der Waals surface area (Å²) in [6.45, 7) is 17.0. The van der Waals surface area contributed by atoms with E-state index in [2.05, 4.69) is 37.5 Å².